The fourth-order valence-electron chi connectivity index (χ4n) is 4.53. The van der Waals surface area contributed by atoms with Crippen LogP contribution in [0, 0.1) is 0 Å². The van der Waals surface area contributed by atoms with Gasteiger partial charge in [0.05, 0.1) is 27.2 Å². The van der Waals surface area contributed by atoms with E-state index in [0.717, 1.165) is 61.3 Å². The van der Waals surface area contributed by atoms with E-state index < -0.39 is 12.2 Å². The Balaban J connectivity index is 1.24. The summed E-state index contributed by atoms with van der Waals surface area (Å²) in [6.45, 7) is 1.83. The van der Waals surface area contributed by atoms with Crippen molar-refractivity contribution in [2.24, 2.45) is 14.1 Å². The van der Waals surface area contributed by atoms with Crippen LogP contribution in [0.1, 0.15) is 60.4 Å². The molecule has 0 radical (unpaired) electrons. The van der Waals surface area contributed by atoms with Gasteiger partial charge in [0.25, 0.3) is 0 Å². The summed E-state index contributed by atoms with van der Waals surface area (Å²) in [5, 5.41) is 21.5. The summed E-state index contributed by atoms with van der Waals surface area (Å²) in [4.78, 5) is 0. The van der Waals surface area contributed by atoms with Crippen LogP contribution in [0.3, 0.4) is 0 Å². The molecule has 0 fully saturated rings. The summed E-state index contributed by atoms with van der Waals surface area (Å²) in [7, 11) is 3.98. The van der Waals surface area contributed by atoms with Crippen molar-refractivity contribution in [2.75, 3.05) is 0 Å². The van der Waals surface area contributed by atoms with Crippen LogP contribution in [-0.4, -0.2) is 19.3 Å². The molecule has 0 aliphatic heterocycles. The Hall–Kier alpha value is -3.22. The van der Waals surface area contributed by atoms with Crippen molar-refractivity contribution in [1.29, 1.82) is 0 Å². The smallest absolute Gasteiger partial charge is 0.243 e. The van der Waals surface area contributed by atoms with E-state index in [-0.39, 0.29) is 0 Å². The van der Waals surface area contributed by atoms with Gasteiger partial charge < -0.3 is 10.2 Å². The zero-order valence-corrected chi connectivity index (χ0v) is 20.2. The molecule has 178 valence electrons. The highest BCUT2D eigenvalue weighted by Crippen LogP contribution is 2.22. The van der Waals surface area contributed by atoms with E-state index in [0.29, 0.717) is 0 Å². The van der Waals surface area contributed by atoms with Gasteiger partial charge in [-0.3, -0.25) is 0 Å². The molecule has 34 heavy (non-hydrogen) atoms. The second kappa shape index (κ2) is 11.3. The van der Waals surface area contributed by atoms with E-state index in [9.17, 15) is 10.2 Å². The summed E-state index contributed by atoms with van der Waals surface area (Å²) in [6, 6.07) is 19.6. The van der Waals surface area contributed by atoms with Gasteiger partial charge in [0, 0.05) is 0 Å². The van der Waals surface area contributed by atoms with Crippen molar-refractivity contribution in [2.45, 2.75) is 51.0 Å². The number of nitrogens with zero attached hydrogens (tertiary/aromatic N) is 4. The Labute approximate surface area is 202 Å². The molecular formula is C28H36N4O2+2. The molecule has 0 spiro atoms. The molecule has 0 aliphatic rings. The monoisotopic (exact) mass is 460 g/mol. The number of benzene rings is 2. The molecular weight excluding hydrogens is 424 g/mol. The number of hydrogen-bond donors (Lipinski definition) is 2. The minimum absolute atomic E-state index is 0.614. The molecule has 0 saturated carbocycles. The molecule has 4 aromatic rings. The molecule has 0 amide bonds. The van der Waals surface area contributed by atoms with Gasteiger partial charge in [-0.25, -0.2) is 18.3 Å². The quantitative estimate of drug-likeness (QED) is 0.266. The normalized spacial score (nSPS) is 13.2. The first kappa shape index (κ1) is 23.9. The summed E-state index contributed by atoms with van der Waals surface area (Å²) in [5.41, 5.74) is 3.65. The second-order valence-corrected chi connectivity index (χ2v) is 9.09. The first-order chi connectivity index (χ1) is 16.5. The fourth-order valence-corrected chi connectivity index (χ4v) is 4.53. The van der Waals surface area contributed by atoms with Gasteiger partial charge in [0.2, 0.25) is 12.7 Å². The zero-order chi connectivity index (χ0) is 23.9. The predicted octanol–water partition coefficient (Wildman–Crippen LogP) is 3.36. The minimum atomic E-state index is -0.615. The molecule has 2 aromatic carbocycles. The van der Waals surface area contributed by atoms with Gasteiger partial charge in [-0.05, 0) is 36.8 Å². The molecule has 2 heterocycles. The van der Waals surface area contributed by atoms with Crippen LogP contribution in [0.5, 0.6) is 0 Å². The molecule has 6 heteroatoms. The van der Waals surface area contributed by atoms with Gasteiger partial charge in [-0.1, -0.05) is 60.7 Å². The maximum absolute atomic E-state index is 10.8. The van der Waals surface area contributed by atoms with Crippen molar-refractivity contribution in [3.05, 3.63) is 108 Å². The third kappa shape index (κ3) is 5.82. The highest BCUT2D eigenvalue weighted by molar-refractivity contribution is 5.25. The van der Waals surface area contributed by atoms with Crippen LogP contribution < -0.4 is 9.13 Å². The maximum Gasteiger partial charge on any atom is 0.243 e. The summed E-state index contributed by atoms with van der Waals surface area (Å²) in [5.74, 6) is 0. The Morgan fingerprint density at radius 3 is 1.97 bits per heavy atom. The Morgan fingerprint density at radius 1 is 0.735 bits per heavy atom. The largest absolute Gasteiger partial charge is 0.380 e. The highest BCUT2D eigenvalue weighted by Gasteiger charge is 2.22. The molecule has 4 rings (SSSR count). The SMILES string of the molecule is Cn1c[n+](CCCCCCn2c[n+](C)cc2[C@H](O)c2ccccc2)cc1[C@@H](O)c1ccccc1. The molecule has 0 saturated heterocycles. The number of rotatable bonds is 11. The number of aryl methyl sites for hydroxylation is 4. The average molecular weight is 461 g/mol. The van der Waals surface area contributed by atoms with Gasteiger partial charge in [-0.2, -0.15) is 0 Å². The predicted molar refractivity (Wildman–Crippen MR) is 131 cm³/mol. The average Bonchev–Trinajstić information content (AvgIpc) is 3.43. The number of imidazole rings is 2. The van der Waals surface area contributed by atoms with Gasteiger partial charge in [0.1, 0.15) is 24.6 Å². The lowest BCUT2D eigenvalue weighted by molar-refractivity contribution is -0.697. The lowest BCUT2D eigenvalue weighted by atomic mass is 10.1. The van der Waals surface area contributed by atoms with Crippen molar-refractivity contribution in [3.8, 4) is 0 Å². The van der Waals surface area contributed by atoms with Gasteiger partial charge >= 0.3 is 0 Å². The van der Waals surface area contributed by atoms with Crippen molar-refractivity contribution < 1.29 is 19.3 Å². The van der Waals surface area contributed by atoms with E-state index in [1.807, 2.05) is 90.1 Å². The topological polar surface area (TPSA) is 58.1 Å². The van der Waals surface area contributed by atoms with Crippen LogP contribution in [0.2, 0.25) is 0 Å². The Bertz CT molecular complexity index is 1170. The molecule has 0 unspecified atom stereocenters. The van der Waals surface area contributed by atoms with E-state index in [1.165, 1.54) is 0 Å². The van der Waals surface area contributed by atoms with Crippen molar-refractivity contribution in [1.82, 2.24) is 9.13 Å². The molecule has 0 aliphatic carbocycles. The van der Waals surface area contributed by atoms with E-state index >= 15 is 0 Å². The number of hydrogen-bond acceptors (Lipinski definition) is 2. The first-order valence-corrected chi connectivity index (χ1v) is 12.1. The lowest BCUT2D eigenvalue weighted by Crippen LogP contribution is -2.30. The summed E-state index contributed by atoms with van der Waals surface area (Å²) in [6.07, 6.45) is 11.4. The maximum atomic E-state index is 10.8. The molecule has 2 atom stereocenters. The van der Waals surface area contributed by atoms with Crippen LogP contribution >= 0.6 is 0 Å². The number of aliphatic hydroxyl groups is 2. The van der Waals surface area contributed by atoms with Crippen LogP contribution in [0.25, 0.3) is 0 Å². The van der Waals surface area contributed by atoms with E-state index in [1.54, 1.807) is 0 Å². The molecule has 6 nitrogen and oxygen atoms in total. The molecule has 2 aromatic heterocycles. The third-order valence-electron chi connectivity index (χ3n) is 6.37. The van der Waals surface area contributed by atoms with Crippen molar-refractivity contribution in [3.63, 3.8) is 0 Å². The number of unbranched alkanes of at least 4 members (excludes halogenated alkanes) is 3. The van der Waals surface area contributed by atoms with Gasteiger partial charge in [0.15, 0.2) is 11.4 Å². The Morgan fingerprint density at radius 2 is 1.32 bits per heavy atom. The van der Waals surface area contributed by atoms with Crippen molar-refractivity contribution >= 4 is 0 Å². The Kier molecular flexibility index (Phi) is 7.93. The van der Waals surface area contributed by atoms with Crippen LogP contribution in [0.15, 0.2) is 85.7 Å². The van der Waals surface area contributed by atoms with Crippen LogP contribution in [0.4, 0.5) is 0 Å². The molecule has 0 bridgehead atoms. The van der Waals surface area contributed by atoms with Crippen LogP contribution in [-0.2, 0) is 27.2 Å². The second-order valence-electron chi connectivity index (χ2n) is 9.09. The summed E-state index contributed by atoms with van der Waals surface area (Å²) < 4.78 is 8.35. The van der Waals surface area contributed by atoms with E-state index in [4.69, 9.17) is 0 Å². The summed E-state index contributed by atoms with van der Waals surface area (Å²) >= 11 is 0. The fraction of sp³-hybridized carbons (Fsp3) is 0.357. The first-order valence-electron chi connectivity index (χ1n) is 12.1. The lowest BCUT2D eigenvalue weighted by Gasteiger charge is -2.09. The van der Waals surface area contributed by atoms with Gasteiger partial charge in [-0.15, -0.1) is 0 Å². The standard InChI is InChI=1S/C28H36N4O2/c1-29-19-26(28(34)24-15-9-6-10-16-24)32(21-29)18-12-4-3-11-17-31-20-25(30(2)22-31)27(33)23-13-7-5-8-14-23/h5-10,13-16,19-22,27-28,33-34H,3-4,11-12,17-18H2,1-2H3/q+2/t27-,28+/m0/s1. The minimum Gasteiger partial charge on any atom is -0.380 e. The van der Waals surface area contributed by atoms with E-state index in [2.05, 4.69) is 28.0 Å². The third-order valence-corrected chi connectivity index (χ3v) is 6.37. The zero-order valence-electron chi connectivity index (χ0n) is 20.2. The highest BCUT2D eigenvalue weighted by atomic mass is 16.3. The molecule has 2 N–H and O–H groups in total. The number of aromatic nitrogens is 4. The number of aliphatic hydroxyl groups excluding tert-OH is 2.